The number of carbonyl (C=O) groups excluding carboxylic acids is 1. The highest BCUT2D eigenvalue weighted by atomic mass is 16.5. The third-order valence-corrected chi connectivity index (χ3v) is 4.73. The molecule has 0 saturated carbocycles. The molecule has 7 nitrogen and oxygen atoms in total. The Morgan fingerprint density at radius 3 is 2.48 bits per heavy atom. The van der Waals surface area contributed by atoms with Crippen molar-refractivity contribution in [2.24, 2.45) is 0 Å². The molecular formula is C20H20N2O5. The van der Waals surface area contributed by atoms with E-state index in [9.17, 15) is 9.59 Å². The van der Waals surface area contributed by atoms with Crippen molar-refractivity contribution < 1.29 is 18.7 Å². The maximum absolute atomic E-state index is 12.7. The van der Waals surface area contributed by atoms with Gasteiger partial charge in [0.15, 0.2) is 11.4 Å². The van der Waals surface area contributed by atoms with Crippen molar-refractivity contribution in [1.29, 1.82) is 0 Å². The van der Waals surface area contributed by atoms with Crippen molar-refractivity contribution in [1.82, 2.24) is 9.47 Å². The number of oxazole rings is 1. The van der Waals surface area contributed by atoms with Crippen LogP contribution in [-0.4, -0.2) is 48.7 Å². The van der Waals surface area contributed by atoms with Crippen LogP contribution in [0.1, 0.15) is 15.9 Å². The number of rotatable bonds is 5. The summed E-state index contributed by atoms with van der Waals surface area (Å²) in [6.45, 7) is 3.30. The van der Waals surface area contributed by atoms with Crippen LogP contribution in [-0.2, 0) is 11.4 Å². The fourth-order valence-corrected chi connectivity index (χ4v) is 3.19. The lowest BCUT2D eigenvalue weighted by atomic mass is 10.0. The number of fused-ring (bicyclic) bond motifs is 1. The van der Waals surface area contributed by atoms with E-state index < -0.39 is 5.76 Å². The number of ether oxygens (including phenoxy) is 2. The SMILES string of the molecule is COc1ccc(C(=O)c2ccc3c(c2)oc(=O)n3CN2CCOCC2)cc1. The van der Waals surface area contributed by atoms with Gasteiger partial charge in [-0.3, -0.25) is 14.3 Å². The van der Waals surface area contributed by atoms with Crippen molar-refractivity contribution in [3.8, 4) is 5.75 Å². The topological polar surface area (TPSA) is 73.9 Å². The standard InChI is InChI=1S/C20H20N2O5/c1-25-16-5-2-14(3-6-16)19(23)15-4-7-17-18(12-15)27-20(24)22(17)13-21-8-10-26-11-9-21/h2-7,12H,8-11,13H2,1H3. The first-order valence-electron chi connectivity index (χ1n) is 8.78. The maximum Gasteiger partial charge on any atom is 0.421 e. The van der Waals surface area contributed by atoms with E-state index in [-0.39, 0.29) is 5.78 Å². The Balaban J connectivity index is 1.62. The quantitative estimate of drug-likeness (QED) is 0.643. The van der Waals surface area contributed by atoms with Crippen LogP contribution in [0.3, 0.4) is 0 Å². The summed E-state index contributed by atoms with van der Waals surface area (Å²) in [5.41, 5.74) is 2.11. The van der Waals surface area contributed by atoms with Gasteiger partial charge >= 0.3 is 5.76 Å². The van der Waals surface area contributed by atoms with Crippen LogP contribution in [0.5, 0.6) is 5.75 Å². The summed E-state index contributed by atoms with van der Waals surface area (Å²) in [4.78, 5) is 27.1. The fraction of sp³-hybridized carbons (Fsp3) is 0.300. The van der Waals surface area contributed by atoms with E-state index in [1.54, 1.807) is 54.1 Å². The van der Waals surface area contributed by atoms with Crippen LogP contribution in [0.2, 0.25) is 0 Å². The van der Waals surface area contributed by atoms with Gasteiger partial charge < -0.3 is 13.9 Å². The Bertz CT molecular complexity index is 1010. The Morgan fingerprint density at radius 2 is 1.78 bits per heavy atom. The zero-order valence-corrected chi connectivity index (χ0v) is 15.0. The molecule has 0 amide bonds. The first-order chi connectivity index (χ1) is 13.2. The van der Waals surface area contributed by atoms with E-state index in [2.05, 4.69) is 4.90 Å². The highest BCUT2D eigenvalue weighted by Gasteiger charge is 2.17. The van der Waals surface area contributed by atoms with Crippen molar-refractivity contribution in [3.63, 3.8) is 0 Å². The summed E-state index contributed by atoms with van der Waals surface area (Å²) < 4.78 is 17.4. The second-order valence-electron chi connectivity index (χ2n) is 6.41. The van der Waals surface area contributed by atoms with E-state index >= 15 is 0 Å². The van der Waals surface area contributed by atoms with Crippen molar-refractivity contribution >= 4 is 16.9 Å². The molecule has 0 aliphatic carbocycles. The molecule has 0 atom stereocenters. The molecule has 0 spiro atoms. The predicted octanol–water partition coefficient (Wildman–Crippen LogP) is 2.12. The first kappa shape index (κ1) is 17.5. The Morgan fingerprint density at radius 1 is 1.07 bits per heavy atom. The monoisotopic (exact) mass is 368 g/mol. The number of benzene rings is 2. The molecular weight excluding hydrogens is 348 g/mol. The summed E-state index contributed by atoms with van der Waals surface area (Å²) in [5, 5.41) is 0. The average molecular weight is 368 g/mol. The molecule has 1 aliphatic rings. The van der Waals surface area contributed by atoms with Crippen molar-refractivity contribution in [2.75, 3.05) is 33.4 Å². The molecule has 1 aromatic heterocycles. The zero-order chi connectivity index (χ0) is 18.8. The molecule has 0 radical (unpaired) electrons. The highest BCUT2D eigenvalue weighted by Crippen LogP contribution is 2.20. The molecule has 1 aliphatic heterocycles. The summed E-state index contributed by atoms with van der Waals surface area (Å²) >= 11 is 0. The normalized spacial score (nSPS) is 15.1. The molecule has 0 unspecified atom stereocenters. The highest BCUT2D eigenvalue weighted by molar-refractivity contribution is 6.10. The second-order valence-corrected chi connectivity index (χ2v) is 6.41. The Hall–Kier alpha value is -2.90. The van der Waals surface area contributed by atoms with Gasteiger partial charge in [-0.15, -0.1) is 0 Å². The minimum atomic E-state index is -0.425. The molecule has 140 valence electrons. The third kappa shape index (κ3) is 3.51. The van der Waals surface area contributed by atoms with Gasteiger partial charge in [-0.25, -0.2) is 4.79 Å². The van der Waals surface area contributed by atoms with Crippen molar-refractivity contribution in [2.45, 2.75) is 6.67 Å². The van der Waals surface area contributed by atoms with E-state index in [0.717, 1.165) is 13.1 Å². The molecule has 0 N–H and O–H groups in total. The first-order valence-corrected chi connectivity index (χ1v) is 8.78. The number of methoxy groups -OCH3 is 1. The smallest absolute Gasteiger partial charge is 0.421 e. The molecule has 1 saturated heterocycles. The lowest BCUT2D eigenvalue weighted by molar-refractivity contribution is 0.0230. The minimum Gasteiger partial charge on any atom is -0.497 e. The molecule has 2 heterocycles. The van der Waals surface area contributed by atoms with Gasteiger partial charge in [-0.1, -0.05) is 0 Å². The largest absolute Gasteiger partial charge is 0.497 e. The van der Waals surface area contributed by atoms with E-state index in [4.69, 9.17) is 13.9 Å². The summed E-state index contributed by atoms with van der Waals surface area (Å²) in [6.07, 6.45) is 0. The molecule has 27 heavy (non-hydrogen) atoms. The van der Waals surface area contributed by atoms with E-state index in [0.29, 0.717) is 47.9 Å². The Labute approximate surface area is 155 Å². The van der Waals surface area contributed by atoms with Gasteiger partial charge in [0.25, 0.3) is 0 Å². The fourth-order valence-electron chi connectivity index (χ4n) is 3.19. The molecule has 1 fully saturated rings. The van der Waals surface area contributed by atoms with Crippen molar-refractivity contribution in [3.05, 3.63) is 64.1 Å². The number of nitrogens with zero attached hydrogens (tertiary/aromatic N) is 2. The molecule has 0 bridgehead atoms. The van der Waals surface area contributed by atoms with Crippen LogP contribution >= 0.6 is 0 Å². The molecule has 3 aromatic rings. The summed E-state index contributed by atoms with van der Waals surface area (Å²) in [5.74, 6) is 0.127. The van der Waals surface area contributed by atoms with Gasteiger partial charge in [-0.2, -0.15) is 0 Å². The summed E-state index contributed by atoms with van der Waals surface area (Å²) in [6, 6.07) is 12.0. The van der Waals surface area contributed by atoms with E-state index in [1.165, 1.54) is 0 Å². The van der Waals surface area contributed by atoms with Crippen LogP contribution in [0.4, 0.5) is 0 Å². The van der Waals surface area contributed by atoms with Gasteiger partial charge in [-0.05, 0) is 42.5 Å². The van der Waals surface area contributed by atoms with E-state index in [1.807, 2.05) is 0 Å². The number of aromatic nitrogens is 1. The van der Waals surface area contributed by atoms with Crippen LogP contribution in [0.15, 0.2) is 51.7 Å². The lowest BCUT2D eigenvalue weighted by Crippen LogP contribution is -2.39. The molecule has 2 aromatic carbocycles. The number of carbonyl (C=O) groups is 1. The lowest BCUT2D eigenvalue weighted by Gasteiger charge is -2.26. The maximum atomic E-state index is 12.7. The third-order valence-electron chi connectivity index (χ3n) is 4.73. The second kappa shape index (κ2) is 7.38. The number of hydrogen-bond donors (Lipinski definition) is 0. The zero-order valence-electron chi connectivity index (χ0n) is 15.0. The molecule has 7 heteroatoms. The number of morpholine rings is 1. The van der Waals surface area contributed by atoms with Crippen LogP contribution in [0.25, 0.3) is 11.1 Å². The van der Waals surface area contributed by atoms with Gasteiger partial charge in [0.1, 0.15) is 5.75 Å². The Kier molecular flexibility index (Phi) is 4.79. The van der Waals surface area contributed by atoms with Gasteiger partial charge in [0.05, 0.1) is 32.5 Å². The minimum absolute atomic E-state index is 0.136. The predicted molar refractivity (Wildman–Crippen MR) is 99.3 cm³/mol. The average Bonchev–Trinajstić information content (AvgIpc) is 3.02. The number of ketones is 1. The van der Waals surface area contributed by atoms with Gasteiger partial charge in [0, 0.05) is 24.2 Å². The summed E-state index contributed by atoms with van der Waals surface area (Å²) in [7, 11) is 1.58. The van der Waals surface area contributed by atoms with Crippen LogP contribution < -0.4 is 10.5 Å². The van der Waals surface area contributed by atoms with Crippen LogP contribution in [0, 0.1) is 0 Å². The number of hydrogen-bond acceptors (Lipinski definition) is 6. The van der Waals surface area contributed by atoms with Gasteiger partial charge in [0.2, 0.25) is 0 Å². The molecule has 4 rings (SSSR count).